The maximum absolute atomic E-state index is 12.2. The highest BCUT2D eigenvalue weighted by molar-refractivity contribution is 5.98. The van der Waals surface area contributed by atoms with E-state index in [9.17, 15) is 9.59 Å². The standard InChI is InChI=1S/C19H15N5O3/c1-13(18(25)23-17-5-3-2-4-15(17)10-20)27-19(26)14-6-8-16(9-7-14)24-12-21-11-22-24/h2-9,11-13H,1H3,(H,23,25)/t13-/m1/s1. The third kappa shape index (κ3) is 4.16. The van der Waals surface area contributed by atoms with Gasteiger partial charge in [-0.15, -0.1) is 0 Å². The van der Waals surface area contributed by atoms with E-state index in [0.29, 0.717) is 16.8 Å². The van der Waals surface area contributed by atoms with Gasteiger partial charge in [0.2, 0.25) is 0 Å². The molecule has 134 valence electrons. The number of hydrogen-bond acceptors (Lipinski definition) is 6. The molecule has 1 amide bonds. The van der Waals surface area contributed by atoms with Crippen molar-refractivity contribution in [1.82, 2.24) is 14.8 Å². The first kappa shape index (κ1) is 17.8. The minimum atomic E-state index is -1.03. The van der Waals surface area contributed by atoms with E-state index in [1.165, 1.54) is 13.3 Å². The lowest BCUT2D eigenvalue weighted by molar-refractivity contribution is -0.123. The predicted octanol–water partition coefficient (Wildman–Crippen LogP) is 2.32. The lowest BCUT2D eigenvalue weighted by Crippen LogP contribution is -2.30. The molecule has 0 saturated carbocycles. The Morgan fingerprint density at radius 1 is 1.19 bits per heavy atom. The Morgan fingerprint density at radius 2 is 1.93 bits per heavy atom. The van der Waals surface area contributed by atoms with Crippen LogP contribution in [0.5, 0.6) is 0 Å². The predicted molar refractivity (Wildman–Crippen MR) is 96.0 cm³/mol. The smallest absolute Gasteiger partial charge is 0.338 e. The molecular formula is C19H15N5O3. The fourth-order valence-corrected chi connectivity index (χ4v) is 2.30. The second-order valence-electron chi connectivity index (χ2n) is 5.58. The number of nitrogens with zero attached hydrogens (tertiary/aromatic N) is 4. The highest BCUT2D eigenvalue weighted by atomic mass is 16.5. The van der Waals surface area contributed by atoms with Gasteiger partial charge in [0.25, 0.3) is 5.91 Å². The van der Waals surface area contributed by atoms with Gasteiger partial charge in [-0.3, -0.25) is 4.79 Å². The Hall–Kier alpha value is -3.99. The number of benzene rings is 2. The molecular weight excluding hydrogens is 346 g/mol. The molecule has 0 fully saturated rings. The SMILES string of the molecule is C[C@@H](OC(=O)c1ccc(-n2cncn2)cc1)C(=O)Nc1ccccc1C#N. The number of rotatable bonds is 5. The molecule has 0 unspecified atom stereocenters. The molecule has 0 radical (unpaired) electrons. The van der Waals surface area contributed by atoms with Crippen LogP contribution in [0.1, 0.15) is 22.8 Å². The van der Waals surface area contributed by atoms with Gasteiger partial charge in [0.1, 0.15) is 18.7 Å². The summed E-state index contributed by atoms with van der Waals surface area (Å²) in [6.07, 6.45) is 1.92. The van der Waals surface area contributed by atoms with Crippen molar-refractivity contribution in [3.63, 3.8) is 0 Å². The van der Waals surface area contributed by atoms with Crippen molar-refractivity contribution in [3.05, 3.63) is 72.3 Å². The Balaban J connectivity index is 1.63. The van der Waals surface area contributed by atoms with Gasteiger partial charge in [-0.2, -0.15) is 10.4 Å². The topological polar surface area (TPSA) is 110 Å². The van der Waals surface area contributed by atoms with Crippen LogP contribution >= 0.6 is 0 Å². The molecule has 0 aliphatic heterocycles. The summed E-state index contributed by atoms with van der Waals surface area (Å²) < 4.78 is 6.76. The van der Waals surface area contributed by atoms with Crippen molar-refractivity contribution in [2.75, 3.05) is 5.32 Å². The monoisotopic (exact) mass is 361 g/mol. The van der Waals surface area contributed by atoms with Crippen LogP contribution in [-0.4, -0.2) is 32.7 Å². The molecule has 0 aliphatic carbocycles. The number of anilines is 1. The van der Waals surface area contributed by atoms with E-state index in [2.05, 4.69) is 15.4 Å². The van der Waals surface area contributed by atoms with Gasteiger partial charge in [-0.1, -0.05) is 12.1 Å². The van der Waals surface area contributed by atoms with Gasteiger partial charge in [0, 0.05) is 0 Å². The number of carbonyl (C=O) groups is 2. The number of nitrogens with one attached hydrogen (secondary N) is 1. The van der Waals surface area contributed by atoms with Gasteiger partial charge in [-0.05, 0) is 43.3 Å². The van der Waals surface area contributed by atoms with Gasteiger partial charge in [0.05, 0.1) is 22.5 Å². The summed E-state index contributed by atoms with van der Waals surface area (Å²) in [5.41, 5.74) is 1.73. The maximum atomic E-state index is 12.2. The number of para-hydroxylation sites is 1. The van der Waals surface area contributed by atoms with Crippen LogP contribution in [0.4, 0.5) is 5.69 Å². The van der Waals surface area contributed by atoms with Crippen LogP contribution in [0, 0.1) is 11.3 Å². The first-order valence-electron chi connectivity index (χ1n) is 8.04. The molecule has 1 atom stereocenters. The van der Waals surface area contributed by atoms with Crippen LogP contribution in [0.3, 0.4) is 0 Å². The van der Waals surface area contributed by atoms with Gasteiger partial charge in [0.15, 0.2) is 6.10 Å². The van der Waals surface area contributed by atoms with Crippen LogP contribution in [0.2, 0.25) is 0 Å². The lowest BCUT2D eigenvalue weighted by Gasteiger charge is -2.14. The molecule has 0 spiro atoms. The fourth-order valence-electron chi connectivity index (χ4n) is 2.30. The van der Waals surface area contributed by atoms with E-state index in [0.717, 1.165) is 5.69 Å². The number of nitriles is 1. The quantitative estimate of drug-likeness (QED) is 0.698. The van der Waals surface area contributed by atoms with Gasteiger partial charge in [-0.25, -0.2) is 14.5 Å². The van der Waals surface area contributed by atoms with Gasteiger partial charge < -0.3 is 10.1 Å². The molecule has 0 aliphatic rings. The van der Waals surface area contributed by atoms with E-state index in [1.807, 2.05) is 6.07 Å². The van der Waals surface area contributed by atoms with Crippen molar-refractivity contribution >= 4 is 17.6 Å². The Kier molecular flexibility index (Phi) is 5.23. The zero-order valence-corrected chi connectivity index (χ0v) is 14.4. The highest BCUT2D eigenvalue weighted by Crippen LogP contribution is 2.15. The summed E-state index contributed by atoms with van der Waals surface area (Å²) >= 11 is 0. The summed E-state index contributed by atoms with van der Waals surface area (Å²) in [5.74, 6) is -1.15. The number of carbonyl (C=O) groups excluding carboxylic acids is 2. The Labute approximate surface area is 155 Å². The van der Waals surface area contributed by atoms with Crippen molar-refractivity contribution in [3.8, 4) is 11.8 Å². The molecule has 3 aromatic rings. The summed E-state index contributed by atoms with van der Waals surface area (Å²) in [4.78, 5) is 28.3. The van der Waals surface area contributed by atoms with Crippen LogP contribution in [-0.2, 0) is 9.53 Å². The Bertz CT molecular complexity index is 991. The minimum absolute atomic E-state index is 0.302. The summed E-state index contributed by atoms with van der Waals surface area (Å²) in [6, 6.07) is 15.1. The number of ether oxygens (including phenoxy) is 1. The molecule has 0 saturated heterocycles. The number of amides is 1. The van der Waals surface area contributed by atoms with E-state index < -0.39 is 18.0 Å². The molecule has 8 nitrogen and oxygen atoms in total. The van der Waals surface area contributed by atoms with Crippen molar-refractivity contribution in [2.24, 2.45) is 0 Å². The van der Waals surface area contributed by atoms with E-state index in [1.54, 1.807) is 59.5 Å². The molecule has 1 aromatic heterocycles. The zero-order valence-electron chi connectivity index (χ0n) is 14.4. The second kappa shape index (κ2) is 7.93. The molecule has 2 aromatic carbocycles. The fraction of sp³-hybridized carbons (Fsp3) is 0.105. The van der Waals surface area contributed by atoms with Crippen molar-refractivity contribution in [1.29, 1.82) is 5.26 Å². The third-order valence-corrected chi connectivity index (χ3v) is 3.74. The van der Waals surface area contributed by atoms with E-state index in [-0.39, 0.29) is 0 Å². The molecule has 3 rings (SSSR count). The maximum Gasteiger partial charge on any atom is 0.338 e. The number of esters is 1. The van der Waals surface area contributed by atoms with Gasteiger partial charge >= 0.3 is 5.97 Å². The van der Waals surface area contributed by atoms with Crippen LogP contribution < -0.4 is 5.32 Å². The second-order valence-corrected chi connectivity index (χ2v) is 5.58. The zero-order chi connectivity index (χ0) is 19.2. The van der Waals surface area contributed by atoms with Crippen molar-refractivity contribution < 1.29 is 14.3 Å². The lowest BCUT2D eigenvalue weighted by atomic mass is 10.2. The normalized spacial score (nSPS) is 11.3. The average molecular weight is 361 g/mol. The third-order valence-electron chi connectivity index (χ3n) is 3.74. The molecule has 0 bridgehead atoms. The molecule has 1 heterocycles. The number of aromatic nitrogens is 3. The van der Waals surface area contributed by atoms with E-state index >= 15 is 0 Å². The molecule has 8 heteroatoms. The number of hydrogen-bond donors (Lipinski definition) is 1. The van der Waals surface area contributed by atoms with E-state index in [4.69, 9.17) is 10.00 Å². The summed E-state index contributed by atoms with van der Waals surface area (Å²) in [7, 11) is 0. The van der Waals surface area contributed by atoms with Crippen molar-refractivity contribution in [2.45, 2.75) is 13.0 Å². The Morgan fingerprint density at radius 3 is 2.59 bits per heavy atom. The highest BCUT2D eigenvalue weighted by Gasteiger charge is 2.20. The summed E-state index contributed by atoms with van der Waals surface area (Å²) in [5, 5.41) is 15.6. The average Bonchev–Trinajstić information content (AvgIpc) is 3.23. The molecule has 1 N–H and O–H groups in total. The van der Waals surface area contributed by atoms with Crippen LogP contribution in [0.25, 0.3) is 5.69 Å². The minimum Gasteiger partial charge on any atom is -0.449 e. The van der Waals surface area contributed by atoms with Crippen LogP contribution in [0.15, 0.2) is 61.2 Å². The molecule has 27 heavy (non-hydrogen) atoms. The summed E-state index contributed by atoms with van der Waals surface area (Å²) in [6.45, 7) is 1.46. The first-order valence-corrected chi connectivity index (χ1v) is 8.04. The first-order chi connectivity index (χ1) is 13.1. The largest absolute Gasteiger partial charge is 0.449 e.